The minimum atomic E-state index is -0.594. The largest absolute Gasteiger partial charge is 0.302 e. The Morgan fingerprint density at radius 1 is 0.906 bits per heavy atom. The van der Waals surface area contributed by atoms with Gasteiger partial charge in [0, 0.05) is 23.3 Å². The van der Waals surface area contributed by atoms with Crippen LogP contribution in [0.4, 0.5) is 5.13 Å². The summed E-state index contributed by atoms with van der Waals surface area (Å²) in [7, 11) is 0. The van der Waals surface area contributed by atoms with Gasteiger partial charge in [0.2, 0.25) is 5.91 Å². The van der Waals surface area contributed by atoms with Gasteiger partial charge in [-0.1, -0.05) is 48.0 Å². The van der Waals surface area contributed by atoms with Crippen LogP contribution in [-0.2, 0) is 4.79 Å². The second-order valence-corrected chi connectivity index (χ2v) is 7.92. The summed E-state index contributed by atoms with van der Waals surface area (Å²) < 4.78 is 0. The normalized spacial score (nSPS) is 10.6. The van der Waals surface area contributed by atoms with E-state index in [4.69, 9.17) is 0 Å². The number of nitrogens with one attached hydrogen (secondary N) is 3. The van der Waals surface area contributed by atoms with E-state index in [1.165, 1.54) is 12.3 Å². The number of amides is 3. The second kappa shape index (κ2) is 8.94. The number of carbonyl (C=O) groups excluding carboxylic acids is 3. The maximum absolute atomic E-state index is 13.0. The summed E-state index contributed by atoms with van der Waals surface area (Å²) in [4.78, 5) is 45.1. The lowest BCUT2D eigenvalue weighted by atomic mass is 10.0. The number of hydrogen-bond donors (Lipinski definition) is 3. The molecule has 0 aliphatic heterocycles. The molecule has 0 aliphatic rings. The Balaban J connectivity index is 1.57. The number of aromatic nitrogens is 2. The lowest BCUT2D eigenvalue weighted by molar-refractivity contribution is -0.114. The predicted octanol–water partition coefficient (Wildman–Crippen LogP) is 3.70. The molecule has 0 bridgehead atoms. The van der Waals surface area contributed by atoms with E-state index in [0.29, 0.717) is 27.3 Å². The molecule has 0 atom stereocenters. The number of thiazole rings is 1. The van der Waals surface area contributed by atoms with Crippen LogP contribution >= 0.6 is 11.3 Å². The fourth-order valence-corrected chi connectivity index (χ4v) is 3.80. The molecule has 32 heavy (non-hydrogen) atoms. The summed E-state index contributed by atoms with van der Waals surface area (Å²) in [5.41, 5.74) is 8.59. The lowest BCUT2D eigenvalue weighted by Gasteiger charge is -2.11. The van der Waals surface area contributed by atoms with Crippen molar-refractivity contribution in [2.24, 2.45) is 0 Å². The number of benzene rings is 2. The quantitative estimate of drug-likeness (QED) is 0.415. The SMILES string of the molecule is CC(=O)Nc1nc(C(=O)NNC(=O)c2cc(-c3ccc(C)cc3)nc3ccccc23)cs1. The molecule has 4 aromatic rings. The molecular formula is C23H19N5O3S. The van der Waals surface area contributed by atoms with E-state index in [2.05, 4.69) is 26.1 Å². The molecule has 0 saturated carbocycles. The molecule has 0 fully saturated rings. The molecule has 0 unspecified atom stereocenters. The zero-order valence-electron chi connectivity index (χ0n) is 17.3. The van der Waals surface area contributed by atoms with E-state index in [1.807, 2.05) is 49.4 Å². The highest BCUT2D eigenvalue weighted by atomic mass is 32.1. The van der Waals surface area contributed by atoms with E-state index in [0.717, 1.165) is 22.5 Å². The van der Waals surface area contributed by atoms with Crippen LogP contribution in [0.25, 0.3) is 22.2 Å². The molecule has 0 saturated heterocycles. The van der Waals surface area contributed by atoms with Crippen LogP contribution in [0.3, 0.4) is 0 Å². The third-order valence-electron chi connectivity index (χ3n) is 4.62. The van der Waals surface area contributed by atoms with Crippen LogP contribution in [0.1, 0.15) is 33.3 Å². The number of aryl methyl sites for hydroxylation is 1. The van der Waals surface area contributed by atoms with Crippen molar-refractivity contribution in [1.82, 2.24) is 20.8 Å². The summed E-state index contributed by atoms with van der Waals surface area (Å²) >= 11 is 1.11. The van der Waals surface area contributed by atoms with E-state index in [9.17, 15) is 14.4 Å². The number of rotatable bonds is 4. The first-order valence-corrected chi connectivity index (χ1v) is 10.6. The molecule has 3 amide bonds. The van der Waals surface area contributed by atoms with Crippen LogP contribution in [0, 0.1) is 6.92 Å². The molecule has 160 valence electrons. The summed E-state index contributed by atoms with van der Waals surface area (Å²) in [6, 6.07) is 16.9. The Morgan fingerprint density at radius 3 is 2.38 bits per heavy atom. The lowest BCUT2D eigenvalue weighted by Crippen LogP contribution is -2.41. The monoisotopic (exact) mass is 445 g/mol. The standard InChI is InChI=1S/C23H19N5O3S/c1-13-7-9-15(10-8-13)19-11-17(16-5-3-4-6-18(16)25-19)21(30)27-28-22(31)20-12-32-23(26-20)24-14(2)29/h3-12H,1-2H3,(H,27,30)(H,28,31)(H,24,26,29). The Hall–Kier alpha value is -4.11. The predicted molar refractivity (Wildman–Crippen MR) is 123 cm³/mol. The van der Waals surface area contributed by atoms with Crippen molar-refractivity contribution in [1.29, 1.82) is 0 Å². The van der Waals surface area contributed by atoms with Crippen molar-refractivity contribution in [3.63, 3.8) is 0 Å². The topological polar surface area (TPSA) is 113 Å². The van der Waals surface area contributed by atoms with Crippen molar-refractivity contribution < 1.29 is 14.4 Å². The van der Waals surface area contributed by atoms with E-state index >= 15 is 0 Å². The Labute approximate surface area is 187 Å². The van der Waals surface area contributed by atoms with Crippen molar-refractivity contribution >= 4 is 45.1 Å². The minimum Gasteiger partial charge on any atom is -0.302 e. The number of nitrogens with zero attached hydrogens (tertiary/aromatic N) is 2. The van der Waals surface area contributed by atoms with Gasteiger partial charge in [-0.25, -0.2) is 9.97 Å². The summed E-state index contributed by atoms with van der Waals surface area (Å²) in [6.07, 6.45) is 0. The van der Waals surface area contributed by atoms with Crippen molar-refractivity contribution in [2.75, 3.05) is 5.32 Å². The molecule has 0 radical (unpaired) electrons. The summed E-state index contributed by atoms with van der Waals surface area (Å²) in [6.45, 7) is 3.35. The van der Waals surface area contributed by atoms with E-state index in [-0.39, 0.29) is 11.6 Å². The zero-order valence-corrected chi connectivity index (χ0v) is 18.1. The van der Waals surface area contributed by atoms with Crippen LogP contribution < -0.4 is 16.2 Å². The van der Waals surface area contributed by atoms with Gasteiger partial charge >= 0.3 is 0 Å². The van der Waals surface area contributed by atoms with Gasteiger partial charge in [-0.05, 0) is 19.1 Å². The first-order valence-electron chi connectivity index (χ1n) is 9.71. The van der Waals surface area contributed by atoms with Crippen LogP contribution in [0.5, 0.6) is 0 Å². The maximum atomic E-state index is 13.0. The van der Waals surface area contributed by atoms with Gasteiger partial charge in [-0.3, -0.25) is 25.2 Å². The Morgan fingerprint density at radius 2 is 1.62 bits per heavy atom. The number of fused-ring (bicyclic) bond motifs is 1. The third kappa shape index (κ3) is 4.62. The Bertz CT molecular complexity index is 1330. The Kier molecular flexibility index (Phi) is 5.91. The number of para-hydroxylation sites is 1. The highest BCUT2D eigenvalue weighted by Gasteiger charge is 2.16. The van der Waals surface area contributed by atoms with Gasteiger partial charge in [0.25, 0.3) is 11.8 Å². The van der Waals surface area contributed by atoms with Gasteiger partial charge in [0.1, 0.15) is 5.69 Å². The molecule has 2 aromatic carbocycles. The van der Waals surface area contributed by atoms with Crippen molar-refractivity contribution in [3.8, 4) is 11.3 Å². The van der Waals surface area contributed by atoms with Gasteiger partial charge in [0.05, 0.1) is 16.8 Å². The van der Waals surface area contributed by atoms with E-state index in [1.54, 1.807) is 12.1 Å². The average Bonchev–Trinajstić information content (AvgIpc) is 3.25. The second-order valence-electron chi connectivity index (χ2n) is 7.07. The van der Waals surface area contributed by atoms with Gasteiger partial charge in [-0.2, -0.15) is 0 Å². The van der Waals surface area contributed by atoms with Gasteiger partial charge in [0.15, 0.2) is 5.13 Å². The van der Waals surface area contributed by atoms with Crippen molar-refractivity contribution in [3.05, 3.63) is 76.8 Å². The third-order valence-corrected chi connectivity index (χ3v) is 5.38. The smallest absolute Gasteiger partial charge is 0.289 e. The molecule has 2 aromatic heterocycles. The van der Waals surface area contributed by atoms with Crippen LogP contribution in [-0.4, -0.2) is 27.7 Å². The summed E-state index contributed by atoms with van der Waals surface area (Å²) in [5, 5.41) is 4.97. The van der Waals surface area contributed by atoms with Crippen molar-refractivity contribution in [2.45, 2.75) is 13.8 Å². The molecule has 2 heterocycles. The molecular weight excluding hydrogens is 426 g/mol. The zero-order chi connectivity index (χ0) is 22.7. The molecule has 0 aliphatic carbocycles. The molecule has 9 heteroatoms. The van der Waals surface area contributed by atoms with Crippen LogP contribution in [0.15, 0.2) is 60.0 Å². The number of anilines is 1. The first-order chi connectivity index (χ1) is 15.4. The molecule has 3 N–H and O–H groups in total. The number of carbonyl (C=O) groups is 3. The number of hydrazine groups is 1. The molecule has 8 nitrogen and oxygen atoms in total. The van der Waals surface area contributed by atoms with Gasteiger partial charge < -0.3 is 5.32 Å². The van der Waals surface area contributed by atoms with Gasteiger partial charge in [-0.15, -0.1) is 11.3 Å². The molecule has 0 spiro atoms. The van der Waals surface area contributed by atoms with Crippen LogP contribution in [0.2, 0.25) is 0 Å². The molecule has 4 rings (SSSR count). The first kappa shape index (κ1) is 21.1. The maximum Gasteiger partial charge on any atom is 0.289 e. The highest BCUT2D eigenvalue weighted by Crippen LogP contribution is 2.25. The number of hydrogen-bond acceptors (Lipinski definition) is 6. The average molecular weight is 446 g/mol. The number of pyridine rings is 1. The highest BCUT2D eigenvalue weighted by molar-refractivity contribution is 7.14. The minimum absolute atomic E-state index is 0.0824. The van der Waals surface area contributed by atoms with E-state index < -0.39 is 11.8 Å². The summed E-state index contributed by atoms with van der Waals surface area (Å²) in [5.74, 6) is -1.36. The fourth-order valence-electron chi connectivity index (χ4n) is 3.07. The fraction of sp³-hybridized carbons (Fsp3) is 0.0870.